The topological polar surface area (TPSA) is 75.1 Å². The van der Waals surface area contributed by atoms with Crippen LogP contribution in [0.3, 0.4) is 0 Å². The number of carbonyl (C=O) groups excluding carboxylic acids is 1. The van der Waals surface area contributed by atoms with E-state index in [2.05, 4.69) is 15.3 Å². The Kier molecular flexibility index (Phi) is 5.06. The molecule has 1 amide bonds. The number of nitrogens with one attached hydrogen (secondary N) is 1. The maximum Gasteiger partial charge on any atom is 0.255 e. The van der Waals surface area contributed by atoms with Gasteiger partial charge in [-0.1, -0.05) is 24.3 Å². The smallest absolute Gasteiger partial charge is 0.255 e. The summed E-state index contributed by atoms with van der Waals surface area (Å²) < 4.78 is 0. The van der Waals surface area contributed by atoms with E-state index in [9.17, 15) is 9.90 Å². The van der Waals surface area contributed by atoms with Crippen LogP contribution in [0.25, 0.3) is 17.1 Å². The zero-order chi connectivity index (χ0) is 19.6. The first-order valence-corrected chi connectivity index (χ1v) is 8.81. The number of hydrogen-bond acceptors (Lipinski definition) is 4. The van der Waals surface area contributed by atoms with E-state index in [1.54, 1.807) is 38.4 Å². The standard InChI is InChI=1S/C22H23N3O2/c1-5-6-15-7-8-18(14(2)9-15)21(26)25-17-11-20-19(24-13-17)10-16(12-23-20)22(3,4)27/h5-13,27H,1-4H3,(H,25,26)/b6-5+. The third-order valence-electron chi connectivity index (χ3n) is 4.35. The quantitative estimate of drug-likeness (QED) is 0.720. The predicted molar refractivity (Wildman–Crippen MR) is 109 cm³/mol. The molecule has 0 aliphatic rings. The van der Waals surface area contributed by atoms with E-state index < -0.39 is 5.60 Å². The van der Waals surface area contributed by atoms with Crippen molar-refractivity contribution in [2.75, 3.05) is 5.32 Å². The summed E-state index contributed by atoms with van der Waals surface area (Å²) in [5, 5.41) is 13.0. The molecule has 0 spiro atoms. The van der Waals surface area contributed by atoms with Crippen LogP contribution >= 0.6 is 0 Å². The Morgan fingerprint density at radius 2 is 1.81 bits per heavy atom. The molecule has 3 aromatic rings. The highest BCUT2D eigenvalue weighted by molar-refractivity contribution is 6.05. The van der Waals surface area contributed by atoms with Gasteiger partial charge in [-0.25, -0.2) is 0 Å². The number of aliphatic hydroxyl groups is 1. The van der Waals surface area contributed by atoms with Gasteiger partial charge in [-0.05, 0) is 57.0 Å². The first-order chi connectivity index (χ1) is 12.8. The van der Waals surface area contributed by atoms with Crippen molar-refractivity contribution >= 4 is 28.7 Å². The van der Waals surface area contributed by atoms with Crippen LogP contribution in [0.4, 0.5) is 5.69 Å². The van der Waals surface area contributed by atoms with Gasteiger partial charge in [0.15, 0.2) is 0 Å². The van der Waals surface area contributed by atoms with Crippen molar-refractivity contribution in [1.29, 1.82) is 0 Å². The Balaban J connectivity index is 1.85. The SMILES string of the molecule is C/C=C/c1ccc(C(=O)Nc2cnc3cc(C(C)(C)O)cnc3c2)c(C)c1. The van der Waals surface area contributed by atoms with Gasteiger partial charge in [-0.15, -0.1) is 0 Å². The largest absolute Gasteiger partial charge is 0.386 e. The third-order valence-corrected chi connectivity index (χ3v) is 4.35. The van der Waals surface area contributed by atoms with Crippen LogP contribution in [0, 0.1) is 6.92 Å². The summed E-state index contributed by atoms with van der Waals surface area (Å²) >= 11 is 0. The molecule has 2 heterocycles. The van der Waals surface area contributed by atoms with Crippen LogP contribution in [-0.2, 0) is 5.60 Å². The number of pyridine rings is 2. The van der Waals surface area contributed by atoms with Crippen LogP contribution in [0.5, 0.6) is 0 Å². The van der Waals surface area contributed by atoms with E-state index in [4.69, 9.17) is 0 Å². The zero-order valence-electron chi connectivity index (χ0n) is 15.9. The second-order valence-corrected chi connectivity index (χ2v) is 7.07. The summed E-state index contributed by atoms with van der Waals surface area (Å²) in [7, 11) is 0. The van der Waals surface area contributed by atoms with Crippen LogP contribution in [-0.4, -0.2) is 21.0 Å². The first kappa shape index (κ1) is 18.7. The lowest BCUT2D eigenvalue weighted by Gasteiger charge is -2.17. The van der Waals surface area contributed by atoms with Crippen LogP contribution in [0.1, 0.15) is 47.8 Å². The highest BCUT2D eigenvalue weighted by Gasteiger charge is 2.17. The second-order valence-electron chi connectivity index (χ2n) is 7.07. The van der Waals surface area contributed by atoms with Gasteiger partial charge in [-0.2, -0.15) is 0 Å². The molecule has 0 unspecified atom stereocenters. The summed E-state index contributed by atoms with van der Waals surface area (Å²) in [6.45, 7) is 7.28. The van der Waals surface area contributed by atoms with Crippen molar-refractivity contribution in [3.63, 3.8) is 0 Å². The number of carbonyl (C=O) groups is 1. The Morgan fingerprint density at radius 1 is 1.11 bits per heavy atom. The number of allylic oxidation sites excluding steroid dienone is 1. The minimum Gasteiger partial charge on any atom is -0.386 e. The molecular weight excluding hydrogens is 338 g/mol. The minimum absolute atomic E-state index is 0.186. The Bertz CT molecular complexity index is 1030. The van der Waals surface area contributed by atoms with E-state index in [0.29, 0.717) is 27.8 Å². The molecule has 0 aliphatic heterocycles. The van der Waals surface area contributed by atoms with Gasteiger partial charge in [0.25, 0.3) is 5.91 Å². The lowest BCUT2D eigenvalue weighted by atomic mass is 10.00. The van der Waals surface area contributed by atoms with E-state index in [1.165, 1.54) is 0 Å². The average Bonchev–Trinajstić information content (AvgIpc) is 2.60. The van der Waals surface area contributed by atoms with E-state index in [0.717, 1.165) is 11.1 Å². The van der Waals surface area contributed by atoms with Crippen LogP contribution in [0.15, 0.2) is 48.8 Å². The van der Waals surface area contributed by atoms with E-state index >= 15 is 0 Å². The lowest BCUT2D eigenvalue weighted by Crippen LogP contribution is -2.16. The number of nitrogens with zero attached hydrogens (tertiary/aromatic N) is 2. The monoisotopic (exact) mass is 361 g/mol. The molecule has 0 atom stereocenters. The summed E-state index contributed by atoms with van der Waals surface area (Å²) in [4.78, 5) is 21.3. The molecule has 0 bridgehead atoms. The molecule has 0 aliphatic carbocycles. The van der Waals surface area contributed by atoms with Gasteiger partial charge in [0.2, 0.25) is 0 Å². The van der Waals surface area contributed by atoms with Crippen LogP contribution in [0.2, 0.25) is 0 Å². The number of aromatic nitrogens is 2. The molecule has 27 heavy (non-hydrogen) atoms. The van der Waals surface area contributed by atoms with Crippen molar-refractivity contribution in [2.24, 2.45) is 0 Å². The van der Waals surface area contributed by atoms with Gasteiger partial charge in [0, 0.05) is 17.3 Å². The fourth-order valence-corrected chi connectivity index (χ4v) is 2.84. The molecule has 2 aromatic heterocycles. The number of anilines is 1. The maximum atomic E-state index is 12.6. The zero-order valence-corrected chi connectivity index (χ0v) is 15.9. The fraction of sp³-hybridized carbons (Fsp3) is 0.227. The first-order valence-electron chi connectivity index (χ1n) is 8.81. The molecule has 138 valence electrons. The van der Waals surface area contributed by atoms with Crippen molar-refractivity contribution in [3.05, 3.63) is 71.1 Å². The number of amides is 1. The van der Waals surface area contributed by atoms with Gasteiger partial charge >= 0.3 is 0 Å². The molecule has 3 rings (SSSR count). The van der Waals surface area contributed by atoms with Gasteiger partial charge in [-0.3, -0.25) is 14.8 Å². The third kappa shape index (κ3) is 4.20. The molecule has 5 nitrogen and oxygen atoms in total. The Hall–Kier alpha value is -3.05. The highest BCUT2D eigenvalue weighted by atomic mass is 16.3. The molecule has 0 fully saturated rings. The summed E-state index contributed by atoms with van der Waals surface area (Å²) in [5.74, 6) is -0.186. The minimum atomic E-state index is -0.980. The van der Waals surface area contributed by atoms with Crippen molar-refractivity contribution < 1.29 is 9.90 Å². The Morgan fingerprint density at radius 3 is 2.48 bits per heavy atom. The van der Waals surface area contributed by atoms with Gasteiger partial charge in [0.1, 0.15) is 0 Å². The summed E-state index contributed by atoms with van der Waals surface area (Å²) in [5.41, 5.74) is 4.20. The molecule has 0 saturated carbocycles. The molecule has 1 aromatic carbocycles. The summed E-state index contributed by atoms with van der Waals surface area (Å²) in [6, 6.07) is 9.30. The predicted octanol–water partition coefficient (Wildman–Crippen LogP) is 4.45. The van der Waals surface area contributed by atoms with Gasteiger partial charge < -0.3 is 10.4 Å². The summed E-state index contributed by atoms with van der Waals surface area (Å²) in [6.07, 6.45) is 7.18. The molecule has 0 saturated heterocycles. The second kappa shape index (κ2) is 7.29. The highest BCUT2D eigenvalue weighted by Crippen LogP contribution is 2.23. The number of hydrogen-bond donors (Lipinski definition) is 2. The molecule has 5 heteroatoms. The lowest BCUT2D eigenvalue weighted by molar-refractivity contribution is 0.0784. The van der Waals surface area contributed by atoms with Crippen molar-refractivity contribution in [3.8, 4) is 0 Å². The maximum absolute atomic E-state index is 12.6. The average molecular weight is 361 g/mol. The normalized spacial score (nSPS) is 11.9. The number of benzene rings is 1. The van der Waals surface area contributed by atoms with E-state index in [1.807, 2.05) is 44.2 Å². The molecule has 0 radical (unpaired) electrons. The molecular formula is C22H23N3O2. The number of aryl methyl sites for hydroxylation is 1. The van der Waals surface area contributed by atoms with E-state index in [-0.39, 0.29) is 5.91 Å². The van der Waals surface area contributed by atoms with Gasteiger partial charge in [0.05, 0.1) is 28.5 Å². The van der Waals surface area contributed by atoms with Crippen molar-refractivity contribution in [1.82, 2.24) is 9.97 Å². The molecule has 2 N–H and O–H groups in total. The van der Waals surface area contributed by atoms with Crippen LogP contribution < -0.4 is 5.32 Å². The number of rotatable bonds is 4. The fourth-order valence-electron chi connectivity index (χ4n) is 2.84. The Labute approximate surface area is 158 Å². The van der Waals surface area contributed by atoms with Crippen molar-refractivity contribution in [2.45, 2.75) is 33.3 Å². The number of fused-ring (bicyclic) bond motifs is 1.